The van der Waals surface area contributed by atoms with Crippen LogP contribution in [0.3, 0.4) is 0 Å². The van der Waals surface area contributed by atoms with Gasteiger partial charge in [0.05, 0.1) is 4.34 Å². The maximum Gasteiger partial charge on any atom is 0.323 e. The number of thiophene rings is 1. The first-order valence-electron chi connectivity index (χ1n) is 5.65. The van der Waals surface area contributed by atoms with Gasteiger partial charge in [0.1, 0.15) is 5.54 Å². The lowest BCUT2D eigenvalue weighted by atomic mass is 9.95. The van der Waals surface area contributed by atoms with Crippen LogP contribution >= 0.6 is 22.9 Å². The Bertz CT molecular complexity index is 394. The van der Waals surface area contributed by atoms with Crippen molar-refractivity contribution in [2.75, 3.05) is 0 Å². The second kappa shape index (κ2) is 5.85. The van der Waals surface area contributed by atoms with Gasteiger partial charge in [-0.05, 0) is 32.4 Å². The minimum Gasteiger partial charge on any atom is -0.480 e. The molecule has 1 aromatic heterocycles. The molecular weight excluding hydrogens is 258 g/mol. The van der Waals surface area contributed by atoms with Crippen molar-refractivity contribution in [3.05, 3.63) is 21.3 Å². The highest BCUT2D eigenvalue weighted by Gasteiger charge is 2.33. The first-order chi connectivity index (χ1) is 7.89. The van der Waals surface area contributed by atoms with Crippen LogP contribution in [0.1, 0.15) is 44.5 Å². The van der Waals surface area contributed by atoms with Crippen molar-refractivity contribution in [1.82, 2.24) is 5.32 Å². The monoisotopic (exact) mass is 275 g/mol. The van der Waals surface area contributed by atoms with Gasteiger partial charge in [0.2, 0.25) is 0 Å². The molecule has 96 valence electrons. The minimum atomic E-state index is -0.884. The summed E-state index contributed by atoms with van der Waals surface area (Å²) < 4.78 is 0.723. The number of nitrogens with one attached hydrogen (secondary N) is 1. The second-order valence-electron chi connectivity index (χ2n) is 4.40. The number of carboxylic acids is 1. The van der Waals surface area contributed by atoms with Crippen molar-refractivity contribution in [2.45, 2.75) is 45.2 Å². The number of halogens is 1. The summed E-state index contributed by atoms with van der Waals surface area (Å²) in [5, 5.41) is 12.5. The molecule has 0 aliphatic carbocycles. The molecule has 2 N–H and O–H groups in total. The maximum absolute atomic E-state index is 11.3. The van der Waals surface area contributed by atoms with Gasteiger partial charge in [0, 0.05) is 10.9 Å². The number of carboxylic acid groups (broad SMARTS) is 1. The van der Waals surface area contributed by atoms with Crippen LogP contribution in [0.4, 0.5) is 0 Å². The average molecular weight is 276 g/mol. The molecule has 2 unspecified atom stereocenters. The molecule has 0 bridgehead atoms. The van der Waals surface area contributed by atoms with E-state index in [0.29, 0.717) is 6.42 Å². The zero-order valence-corrected chi connectivity index (χ0v) is 11.9. The fourth-order valence-corrected chi connectivity index (χ4v) is 2.91. The predicted octanol–water partition coefficient (Wildman–Crippen LogP) is 3.70. The second-order valence-corrected chi connectivity index (χ2v) is 6.14. The molecule has 0 saturated heterocycles. The Morgan fingerprint density at radius 2 is 2.29 bits per heavy atom. The van der Waals surface area contributed by atoms with Crippen molar-refractivity contribution in [1.29, 1.82) is 0 Å². The molecule has 0 aromatic carbocycles. The number of rotatable bonds is 6. The molecule has 0 saturated carbocycles. The maximum atomic E-state index is 11.3. The lowest BCUT2D eigenvalue weighted by Gasteiger charge is -2.29. The number of aliphatic carboxylic acids is 1. The Kier molecular flexibility index (Phi) is 4.98. The van der Waals surface area contributed by atoms with Gasteiger partial charge in [-0.1, -0.05) is 24.9 Å². The van der Waals surface area contributed by atoms with Crippen molar-refractivity contribution in [3.8, 4) is 0 Å². The molecular formula is C12H18ClNO2S. The third-order valence-corrected chi connectivity index (χ3v) is 4.19. The average Bonchev–Trinajstić information content (AvgIpc) is 2.65. The molecule has 2 atom stereocenters. The summed E-state index contributed by atoms with van der Waals surface area (Å²) in [6.07, 6.45) is 1.43. The molecule has 17 heavy (non-hydrogen) atoms. The predicted molar refractivity (Wildman–Crippen MR) is 71.8 cm³/mol. The molecule has 0 fully saturated rings. The van der Waals surface area contributed by atoms with Gasteiger partial charge in [-0.25, -0.2) is 0 Å². The molecule has 0 spiro atoms. The smallest absolute Gasteiger partial charge is 0.323 e. The molecule has 5 heteroatoms. The summed E-state index contributed by atoms with van der Waals surface area (Å²) in [5.74, 6) is -0.811. The van der Waals surface area contributed by atoms with Gasteiger partial charge in [0.15, 0.2) is 0 Å². The van der Waals surface area contributed by atoms with Crippen LogP contribution in [0, 0.1) is 0 Å². The van der Waals surface area contributed by atoms with Gasteiger partial charge in [-0.3, -0.25) is 10.1 Å². The molecule has 3 nitrogen and oxygen atoms in total. The van der Waals surface area contributed by atoms with Gasteiger partial charge < -0.3 is 5.11 Å². The first-order valence-corrected chi connectivity index (χ1v) is 6.85. The van der Waals surface area contributed by atoms with E-state index in [-0.39, 0.29) is 6.04 Å². The SMILES string of the molecule is CCCC(C)(NC(C)c1ccc(Cl)s1)C(=O)O. The summed E-state index contributed by atoms with van der Waals surface area (Å²) in [4.78, 5) is 12.4. The summed E-state index contributed by atoms with van der Waals surface area (Å²) >= 11 is 7.35. The highest BCUT2D eigenvalue weighted by molar-refractivity contribution is 7.16. The van der Waals surface area contributed by atoms with E-state index >= 15 is 0 Å². The van der Waals surface area contributed by atoms with Crippen LogP contribution in [0.5, 0.6) is 0 Å². The normalized spacial score (nSPS) is 16.5. The fourth-order valence-electron chi connectivity index (χ4n) is 1.85. The summed E-state index contributed by atoms with van der Waals surface area (Å²) in [7, 11) is 0. The quantitative estimate of drug-likeness (QED) is 0.832. The standard InChI is InChI=1S/C12H18ClNO2S/c1-4-7-12(3,11(15)16)14-8(2)9-5-6-10(13)17-9/h5-6,8,14H,4,7H2,1-3H3,(H,15,16). The third kappa shape index (κ3) is 3.69. The molecule has 1 heterocycles. The van der Waals surface area contributed by atoms with Gasteiger partial charge in [-0.15, -0.1) is 11.3 Å². The van der Waals surface area contributed by atoms with E-state index in [9.17, 15) is 9.90 Å². The van der Waals surface area contributed by atoms with E-state index in [1.54, 1.807) is 6.92 Å². The van der Waals surface area contributed by atoms with E-state index in [0.717, 1.165) is 15.6 Å². The highest BCUT2D eigenvalue weighted by atomic mass is 35.5. The summed E-state index contributed by atoms with van der Waals surface area (Å²) in [6, 6.07) is 3.75. The number of hydrogen-bond acceptors (Lipinski definition) is 3. The topological polar surface area (TPSA) is 49.3 Å². The third-order valence-electron chi connectivity index (χ3n) is 2.78. The van der Waals surface area contributed by atoms with Crippen LogP contribution in [0.2, 0.25) is 4.34 Å². The van der Waals surface area contributed by atoms with Crippen LogP contribution in [-0.4, -0.2) is 16.6 Å². The Labute approximate surface area is 111 Å². The zero-order valence-electron chi connectivity index (χ0n) is 10.3. The summed E-state index contributed by atoms with van der Waals surface area (Å²) in [5.41, 5.74) is -0.884. The molecule has 0 radical (unpaired) electrons. The minimum absolute atomic E-state index is 0.0138. The van der Waals surface area contributed by atoms with Crippen LogP contribution in [0.15, 0.2) is 12.1 Å². The van der Waals surface area contributed by atoms with Gasteiger partial charge >= 0.3 is 5.97 Å². The number of carbonyl (C=O) groups is 1. The van der Waals surface area contributed by atoms with E-state index < -0.39 is 11.5 Å². The van der Waals surface area contributed by atoms with Crippen molar-refractivity contribution >= 4 is 28.9 Å². The van der Waals surface area contributed by atoms with Crippen LogP contribution in [0.25, 0.3) is 0 Å². The fraction of sp³-hybridized carbons (Fsp3) is 0.583. The van der Waals surface area contributed by atoms with Crippen molar-refractivity contribution < 1.29 is 9.90 Å². The first kappa shape index (κ1) is 14.5. The summed E-state index contributed by atoms with van der Waals surface area (Å²) in [6.45, 7) is 5.67. The Morgan fingerprint density at radius 1 is 1.65 bits per heavy atom. The molecule has 0 aliphatic rings. The molecule has 1 aromatic rings. The van der Waals surface area contributed by atoms with Crippen LogP contribution in [-0.2, 0) is 4.79 Å². The van der Waals surface area contributed by atoms with Crippen molar-refractivity contribution in [3.63, 3.8) is 0 Å². The van der Waals surface area contributed by atoms with E-state index in [1.807, 2.05) is 26.0 Å². The Morgan fingerprint density at radius 3 is 2.71 bits per heavy atom. The van der Waals surface area contributed by atoms with E-state index in [2.05, 4.69) is 5.32 Å². The molecule has 1 rings (SSSR count). The zero-order chi connectivity index (χ0) is 13.1. The lowest BCUT2D eigenvalue weighted by molar-refractivity contribution is -0.144. The Balaban J connectivity index is 2.77. The number of hydrogen-bond donors (Lipinski definition) is 2. The van der Waals surface area contributed by atoms with E-state index in [1.165, 1.54) is 11.3 Å². The largest absolute Gasteiger partial charge is 0.480 e. The van der Waals surface area contributed by atoms with Gasteiger partial charge in [0.25, 0.3) is 0 Å². The van der Waals surface area contributed by atoms with Crippen LogP contribution < -0.4 is 5.32 Å². The van der Waals surface area contributed by atoms with Crippen molar-refractivity contribution in [2.24, 2.45) is 0 Å². The Hall–Kier alpha value is -0.580. The molecule has 0 aliphatic heterocycles. The highest BCUT2D eigenvalue weighted by Crippen LogP contribution is 2.28. The van der Waals surface area contributed by atoms with E-state index in [4.69, 9.17) is 11.6 Å². The lowest BCUT2D eigenvalue weighted by Crippen LogP contribution is -2.50. The molecule has 0 amide bonds. The van der Waals surface area contributed by atoms with Gasteiger partial charge in [-0.2, -0.15) is 0 Å².